The van der Waals surface area contributed by atoms with E-state index in [-0.39, 0.29) is 24.9 Å². The summed E-state index contributed by atoms with van der Waals surface area (Å²) in [5.41, 5.74) is 0. The van der Waals surface area contributed by atoms with Crippen molar-refractivity contribution < 1.29 is 18.3 Å². The van der Waals surface area contributed by atoms with E-state index < -0.39 is 5.92 Å². The first-order valence-electron chi connectivity index (χ1n) is 5.11. The monoisotopic (exact) mass is 206 g/mol. The summed E-state index contributed by atoms with van der Waals surface area (Å²) in [5.74, 6) is -2.81. The van der Waals surface area contributed by atoms with Crippen LogP contribution >= 0.6 is 0 Å². The maximum Gasteiger partial charge on any atom is 0.306 e. The van der Waals surface area contributed by atoms with Crippen molar-refractivity contribution in [2.24, 2.45) is 0 Å². The van der Waals surface area contributed by atoms with Gasteiger partial charge in [0.15, 0.2) is 0 Å². The Kier molecular flexibility index (Phi) is 3.84. The molecule has 0 heterocycles. The summed E-state index contributed by atoms with van der Waals surface area (Å²) in [7, 11) is 0. The number of rotatable bonds is 3. The molecule has 0 amide bonds. The van der Waals surface area contributed by atoms with Gasteiger partial charge in [-0.05, 0) is 19.3 Å². The van der Waals surface area contributed by atoms with Crippen molar-refractivity contribution in [2.75, 3.05) is 0 Å². The van der Waals surface area contributed by atoms with E-state index in [1.807, 2.05) is 6.92 Å². The summed E-state index contributed by atoms with van der Waals surface area (Å²) in [5, 5.41) is 0. The van der Waals surface area contributed by atoms with Crippen LogP contribution in [0.2, 0.25) is 0 Å². The number of halogens is 2. The molecule has 14 heavy (non-hydrogen) atoms. The molecule has 0 saturated heterocycles. The van der Waals surface area contributed by atoms with E-state index in [0.717, 1.165) is 6.42 Å². The molecule has 1 aliphatic rings. The highest BCUT2D eigenvalue weighted by Gasteiger charge is 2.36. The summed E-state index contributed by atoms with van der Waals surface area (Å²) < 4.78 is 30.5. The first-order chi connectivity index (χ1) is 6.53. The maximum atomic E-state index is 12.7. The Labute approximate surface area is 82.6 Å². The largest absolute Gasteiger partial charge is 0.462 e. The molecule has 0 unspecified atom stereocenters. The van der Waals surface area contributed by atoms with Gasteiger partial charge in [-0.3, -0.25) is 4.79 Å². The van der Waals surface area contributed by atoms with Crippen LogP contribution in [-0.4, -0.2) is 18.0 Å². The highest BCUT2D eigenvalue weighted by atomic mass is 19.3. The van der Waals surface area contributed by atoms with Gasteiger partial charge in [0.1, 0.15) is 6.10 Å². The molecule has 0 bridgehead atoms. The fourth-order valence-electron chi connectivity index (χ4n) is 1.58. The Morgan fingerprint density at radius 1 is 1.43 bits per heavy atom. The van der Waals surface area contributed by atoms with Crippen LogP contribution in [0.3, 0.4) is 0 Å². The Balaban J connectivity index is 2.25. The second-order valence-electron chi connectivity index (χ2n) is 3.80. The van der Waals surface area contributed by atoms with Crippen LogP contribution in [0.5, 0.6) is 0 Å². The van der Waals surface area contributed by atoms with Gasteiger partial charge in [-0.15, -0.1) is 0 Å². The number of carbonyl (C=O) groups is 1. The number of hydrogen-bond donors (Lipinski definition) is 0. The minimum atomic E-state index is -2.55. The van der Waals surface area contributed by atoms with Crippen molar-refractivity contribution >= 4 is 5.97 Å². The molecular weight excluding hydrogens is 190 g/mol. The number of ether oxygens (including phenoxy) is 1. The first-order valence-corrected chi connectivity index (χ1v) is 5.11. The molecule has 0 atom stereocenters. The Hall–Kier alpha value is -0.670. The van der Waals surface area contributed by atoms with Crippen molar-refractivity contribution in [3.63, 3.8) is 0 Å². The van der Waals surface area contributed by atoms with Crippen LogP contribution in [0.1, 0.15) is 45.4 Å². The second kappa shape index (κ2) is 4.71. The lowest BCUT2D eigenvalue weighted by Gasteiger charge is -2.27. The lowest BCUT2D eigenvalue weighted by Crippen LogP contribution is -2.30. The molecule has 0 N–H and O–H groups in total. The molecule has 82 valence electrons. The van der Waals surface area contributed by atoms with Gasteiger partial charge in [-0.1, -0.05) is 6.92 Å². The zero-order valence-electron chi connectivity index (χ0n) is 8.39. The lowest BCUT2D eigenvalue weighted by atomic mass is 9.94. The molecule has 1 saturated carbocycles. The van der Waals surface area contributed by atoms with Crippen LogP contribution in [-0.2, 0) is 9.53 Å². The molecule has 0 spiro atoms. The highest BCUT2D eigenvalue weighted by Crippen LogP contribution is 2.34. The Bertz CT molecular complexity index is 194. The van der Waals surface area contributed by atoms with Crippen LogP contribution in [0.15, 0.2) is 0 Å². The van der Waals surface area contributed by atoms with E-state index in [2.05, 4.69) is 0 Å². The average molecular weight is 206 g/mol. The third kappa shape index (κ3) is 3.60. The molecule has 1 rings (SSSR count). The van der Waals surface area contributed by atoms with Crippen molar-refractivity contribution in [1.82, 2.24) is 0 Å². The average Bonchev–Trinajstić information content (AvgIpc) is 2.09. The molecule has 0 aromatic carbocycles. The predicted octanol–water partition coefficient (Wildman–Crippen LogP) is 2.91. The minimum absolute atomic E-state index is 0.156. The van der Waals surface area contributed by atoms with Gasteiger partial charge in [0.2, 0.25) is 5.92 Å². The van der Waals surface area contributed by atoms with Gasteiger partial charge in [0.25, 0.3) is 0 Å². The number of esters is 1. The van der Waals surface area contributed by atoms with Crippen molar-refractivity contribution in [2.45, 2.75) is 57.5 Å². The molecule has 0 aromatic rings. The zero-order valence-corrected chi connectivity index (χ0v) is 8.39. The zero-order chi connectivity index (χ0) is 10.6. The van der Waals surface area contributed by atoms with Crippen LogP contribution in [0.25, 0.3) is 0 Å². The maximum absolute atomic E-state index is 12.7. The van der Waals surface area contributed by atoms with Gasteiger partial charge < -0.3 is 4.74 Å². The molecule has 1 aliphatic carbocycles. The van der Waals surface area contributed by atoms with E-state index in [1.54, 1.807) is 0 Å². The topological polar surface area (TPSA) is 26.3 Å². The first kappa shape index (κ1) is 11.4. The van der Waals surface area contributed by atoms with Gasteiger partial charge in [0.05, 0.1) is 0 Å². The predicted molar refractivity (Wildman–Crippen MR) is 48.2 cm³/mol. The normalized spacial score (nSPS) is 21.9. The lowest BCUT2D eigenvalue weighted by molar-refractivity contribution is -0.155. The smallest absolute Gasteiger partial charge is 0.306 e. The minimum Gasteiger partial charge on any atom is -0.462 e. The Morgan fingerprint density at radius 3 is 2.50 bits per heavy atom. The highest BCUT2D eigenvalue weighted by molar-refractivity contribution is 5.69. The fraction of sp³-hybridized carbons (Fsp3) is 0.900. The third-order valence-electron chi connectivity index (χ3n) is 2.42. The molecule has 1 fully saturated rings. The standard InChI is InChI=1S/C10H16F2O2/c1-2-3-9(13)14-8-4-6-10(11,12)7-5-8/h8H,2-7H2,1H3. The van der Waals surface area contributed by atoms with Crippen LogP contribution in [0.4, 0.5) is 8.78 Å². The van der Waals surface area contributed by atoms with Gasteiger partial charge in [-0.25, -0.2) is 8.78 Å². The fourth-order valence-corrected chi connectivity index (χ4v) is 1.58. The molecule has 0 aromatic heterocycles. The molecular formula is C10H16F2O2. The third-order valence-corrected chi connectivity index (χ3v) is 2.42. The summed E-state index contributed by atoms with van der Waals surface area (Å²) in [6.45, 7) is 1.89. The molecule has 4 heteroatoms. The van der Waals surface area contributed by atoms with Crippen molar-refractivity contribution in [1.29, 1.82) is 0 Å². The van der Waals surface area contributed by atoms with Crippen molar-refractivity contribution in [3.8, 4) is 0 Å². The Morgan fingerprint density at radius 2 is 2.00 bits per heavy atom. The summed E-state index contributed by atoms with van der Waals surface area (Å²) in [6, 6.07) is 0. The van der Waals surface area contributed by atoms with E-state index in [9.17, 15) is 13.6 Å². The van der Waals surface area contributed by atoms with E-state index >= 15 is 0 Å². The van der Waals surface area contributed by atoms with Gasteiger partial charge >= 0.3 is 5.97 Å². The second-order valence-corrected chi connectivity index (χ2v) is 3.80. The van der Waals surface area contributed by atoms with Crippen LogP contribution < -0.4 is 0 Å². The van der Waals surface area contributed by atoms with E-state index in [1.165, 1.54) is 0 Å². The number of carbonyl (C=O) groups excluding carboxylic acids is 1. The summed E-state index contributed by atoms with van der Waals surface area (Å²) in [4.78, 5) is 11.1. The summed E-state index contributed by atoms with van der Waals surface area (Å²) in [6.07, 6.45) is 1.11. The van der Waals surface area contributed by atoms with Gasteiger partial charge in [0, 0.05) is 19.3 Å². The quantitative estimate of drug-likeness (QED) is 0.663. The molecule has 0 radical (unpaired) electrons. The molecule has 2 nitrogen and oxygen atoms in total. The van der Waals surface area contributed by atoms with Gasteiger partial charge in [-0.2, -0.15) is 0 Å². The number of hydrogen-bond acceptors (Lipinski definition) is 2. The summed E-state index contributed by atoms with van der Waals surface area (Å²) >= 11 is 0. The van der Waals surface area contributed by atoms with Crippen LogP contribution in [0, 0.1) is 0 Å². The number of alkyl halides is 2. The SMILES string of the molecule is CCCC(=O)OC1CCC(F)(F)CC1. The van der Waals surface area contributed by atoms with E-state index in [0.29, 0.717) is 19.3 Å². The molecule has 0 aliphatic heterocycles. The van der Waals surface area contributed by atoms with Crippen molar-refractivity contribution in [3.05, 3.63) is 0 Å². The van der Waals surface area contributed by atoms with E-state index in [4.69, 9.17) is 4.74 Å².